The Morgan fingerprint density at radius 3 is 3.00 bits per heavy atom. The number of nitrogens with zero attached hydrogens (tertiary/aromatic N) is 2. The van der Waals surface area contributed by atoms with Crippen molar-refractivity contribution in [3.8, 4) is 0 Å². The minimum absolute atomic E-state index is 0.318. The molecule has 0 bridgehead atoms. The van der Waals surface area contributed by atoms with Crippen LogP contribution in [0.2, 0.25) is 0 Å². The van der Waals surface area contributed by atoms with E-state index in [0.717, 1.165) is 13.0 Å². The zero-order chi connectivity index (χ0) is 10.7. The van der Waals surface area contributed by atoms with E-state index in [1.54, 1.807) is 0 Å². The van der Waals surface area contributed by atoms with Gasteiger partial charge in [-0.15, -0.1) is 0 Å². The molecule has 1 saturated heterocycles. The van der Waals surface area contributed by atoms with Gasteiger partial charge in [0.25, 0.3) is 0 Å². The average Bonchev–Trinajstić information content (AvgIpc) is 2.88. The molecule has 1 unspecified atom stereocenters. The monoisotopic (exact) mass is 207 g/mol. The molecule has 0 amide bonds. The Hall–Kier alpha value is -0.830. The summed E-state index contributed by atoms with van der Waals surface area (Å²) in [5.41, 5.74) is 0.318. The minimum atomic E-state index is 0.318. The zero-order valence-corrected chi connectivity index (χ0v) is 9.79. The summed E-state index contributed by atoms with van der Waals surface area (Å²) in [7, 11) is 0. The summed E-state index contributed by atoms with van der Waals surface area (Å²) >= 11 is 0. The van der Waals surface area contributed by atoms with Gasteiger partial charge in [-0.05, 0) is 32.7 Å². The van der Waals surface area contributed by atoms with Gasteiger partial charge in [-0.1, -0.05) is 6.92 Å². The Morgan fingerprint density at radius 2 is 2.40 bits per heavy atom. The number of hydrogen-bond acceptors (Lipinski definition) is 2. The van der Waals surface area contributed by atoms with E-state index in [1.165, 1.54) is 31.6 Å². The van der Waals surface area contributed by atoms with Crippen molar-refractivity contribution in [2.45, 2.75) is 51.6 Å². The molecule has 15 heavy (non-hydrogen) atoms. The lowest BCUT2D eigenvalue weighted by molar-refractivity contribution is 0.348. The van der Waals surface area contributed by atoms with Crippen molar-refractivity contribution in [3.05, 3.63) is 18.2 Å². The Kier molecular flexibility index (Phi) is 3.10. The molecule has 1 aromatic heterocycles. The third-order valence-electron chi connectivity index (χ3n) is 3.65. The fourth-order valence-corrected chi connectivity index (χ4v) is 2.54. The number of aryl methyl sites for hydroxylation is 1. The Bertz CT molecular complexity index is 310. The van der Waals surface area contributed by atoms with Gasteiger partial charge in [0.05, 0.1) is 0 Å². The fraction of sp³-hybridized carbons (Fsp3) is 0.750. The first kappa shape index (κ1) is 10.7. The van der Waals surface area contributed by atoms with Crippen molar-refractivity contribution in [2.24, 2.45) is 0 Å². The maximum absolute atomic E-state index is 4.47. The molecule has 2 rings (SSSR count). The number of hydrogen-bond donors (Lipinski definition) is 1. The van der Waals surface area contributed by atoms with E-state index in [9.17, 15) is 0 Å². The average molecular weight is 207 g/mol. The molecule has 1 aliphatic heterocycles. The van der Waals surface area contributed by atoms with Crippen LogP contribution in [0.1, 0.15) is 38.9 Å². The summed E-state index contributed by atoms with van der Waals surface area (Å²) < 4.78 is 2.25. The molecule has 1 aliphatic rings. The standard InChI is InChI=1S/C12H21N3/c1-3-12(6-5-7-14-12)10-11-13-8-9-15(11)4-2/h8-9,14H,3-7,10H2,1-2H3. The summed E-state index contributed by atoms with van der Waals surface area (Å²) in [6, 6.07) is 0. The van der Waals surface area contributed by atoms with Crippen LogP contribution < -0.4 is 5.32 Å². The SMILES string of the molecule is CCn1ccnc1CC1(CC)CCCN1. The highest BCUT2D eigenvalue weighted by Crippen LogP contribution is 2.26. The predicted molar refractivity (Wildman–Crippen MR) is 61.9 cm³/mol. The molecule has 0 aromatic carbocycles. The molecule has 0 spiro atoms. The molecule has 1 aromatic rings. The van der Waals surface area contributed by atoms with Gasteiger partial charge in [0.2, 0.25) is 0 Å². The summed E-state index contributed by atoms with van der Waals surface area (Å²) in [5, 5.41) is 3.66. The Morgan fingerprint density at radius 1 is 1.53 bits per heavy atom. The molecule has 0 aliphatic carbocycles. The predicted octanol–water partition coefficient (Wildman–Crippen LogP) is 1.98. The molecule has 3 heteroatoms. The van der Waals surface area contributed by atoms with Crippen molar-refractivity contribution >= 4 is 0 Å². The lowest BCUT2D eigenvalue weighted by Gasteiger charge is -2.28. The summed E-state index contributed by atoms with van der Waals surface area (Å²) in [5.74, 6) is 1.23. The molecular weight excluding hydrogens is 186 g/mol. The lowest BCUT2D eigenvalue weighted by atomic mass is 9.90. The van der Waals surface area contributed by atoms with Gasteiger partial charge in [0, 0.05) is 30.9 Å². The third-order valence-corrected chi connectivity index (χ3v) is 3.65. The van der Waals surface area contributed by atoms with E-state index in [4.69, 9.17) is 0 Å². The highest BCUT2D eigenvalue weighted by atomic mass is 15.1. The maximum Gasteiger partial charge on any atom is 0.110 e. The molecule has 1 N–H and O–H groups in total. The van der Waals surface area contributed by atoms with Crippen LogP contribution in [0.15, 0.2) is 12.4 Å². The van der Waals surface area contributed by atoms with Crippen LogP contribution in [-0.4, -0.2) is 21.6 Å². The third kappa shape index (κ3) is 2.07. The molecule has 84 valence electrons. The van der Waals surface area contributed by atoms with E-state index in [1.807, 2.05) is 6.20 Å². The molecule has 2 heterocycles. The van der Waals surface area contributed by atoms with Gasteiger partial charge in [-0.3, -0.25) is 0 Å². The first-order chi connectivity index (χ1) is 7.29. The second kappa shape index (κ2) is 4.35. The van der Waals surface area contributed by atoms with Gasteiger partial charge in [-0.25, -0.2) is 4.98 Å². The van der Waals surface area contributed by atoms with Gasteiger partial charge in [0.1, 0.15) is 5.82 Å². The van der Waals surface area contributed by atoms with Crippen LogP contribution in [0, 0.1) is 0 Å². The molecule has 0 saturated carbocycles. The van der Waals surface area contributed by atoms with Crippen LogP contribution >= 0.6 is 0 Å². The van der Waals surface area contributed by atoms with E-state index in [-0.39, 0.29) is 0 Å². The highest BCUT2D eigenvalue weighted by Gasteiger charge is 2.32. The second-order valence-electron chi connectivity index (χ2n) is 4.47. The minimum Gasteiger partial charge on any atom is -0.335 e. The van der Waals surface area contributed by atoms with Crippen LogP contribution in [0.25, 0.3) is 0 Å². The van der Waals surface area contributed by atoms with Crippen molar-refractivity contribution < 1.29 is 0 Å². The number of rotatable bonds is 4. The largest absolute Gasteiger partial charge is 0.335 e. The number of nitrogens with one attached hydrogen (secondary N) is 1. The zero-order valence-electron chi connectivity index (χ0n) is 9.79. The van der Waals surface area contributed by atoms with E-state index in [0.29, 0.717) is 5.54 Å². The first-order valence-electron chi connectivity index (χ1n) is 6.05. The summed E-state index contributed by atoms with van der Waals surface area (Å²) in [6.45, 7) is 6.64. The van der Waals surface area contributed by atoms with Gasteiger partial charge < -0.3 is 9.88 Å². The molecular formula is C12H21N3. The molecule has 3 nitrogen and oxygen atoms in total. The van der Waals surface area contributed by atoms with Gasteiger partial charge >= 0.3 is 0 Å². The van der Waals surface area contributed by atoms with Crippen molar-refractivity contribution in [2.75, 3.05) is 6.54 Å². The molecule has 1 atom stereocenters. The first-order valence-corrected chi connectivity index (χ1v) is 6.05. The van der Waals surface area contributed by atoms with Crippen LogP contribution in [-0.2, 0) is 13.0 Å². The van der Waals surface area contributed by atoms with Crippen molar-refractivity contribution in [3.63, 3.8) is 0 Å². The molecule has 1 fully saturated rings. The quantitative estimate of drug-likeness (QED) is 0.818. The summed E-state index contributed by atoms with van der Waals surface area (Å²) in [4.78, 5) is 4.47. The van der Waals surface area contributed by atoms with Crippen LogP contribution in [0.3, 0.4) is 0 Å². The van der Waals surface area contributed by atoms with Crippen LogP contribution in [0.5, 0.6) is 0 Å². The van der Waals surface area contributed by atoms with E-state index in [2.05, 4.69) is 34.9 Å². The van der Waals surface area contributed by atoms with E-state index < -0.39 is 0 Å². The Balaban J connectivity index is 2.12. The Labute approximate surface area is 91.9 Å². The molecule has 0 radical (unpaired) electrons. The topological polar surface area (TPSA) is 29.9 Å². The fourth-order valence-electron chi connectivity index (χ4n) is 2.54. The lowest BCUT2D eigenvalue weighted by Crippen LogP contribution is -2.41. The summed E-state index contributed by atoms with van der Waals surface area (Å²) in [6.07, 6.45) is 8.86. The smallest absolute Gasteiger partial charge is 0.110 e. The van der Waals surface area contributed by atoms with Crippen molar-refractivity contribution in [1.29, 1.82) is 0 Å². The van der Waals surface area contributed by atoms with Gasteiger partial charge in [0.15, 0.2) is 0 Å². The van der Waals surface area contributed by atoms with Gasteiger partial charge in [-0.2, -0.15) is 0 Å². The highest BCUT2D eigenvalue weighted by molar-refractivity contribution is 5.03. The van der Waals surface area contributed by atoms with Crippen molar-refractivity contribution in [1.82, 2.24) is 14.9 Å². The normalized spacial score (nSPS) is 26.0. The maximum atomic E-state index is 4.47. The van der Waals surface area contributed by atoms with Crippen LogP contribution in [0.4, 0.5) is 0 Å². The number of imidazole rings is 1. The second-order valence-corrected chi connectivity index (χ2v) is 4.47. The number of aromatic nitrogens is 2. The van der Waals surface area contributed by atoms with E-state index >= 15 is 0 Å².